The largest absolute Gasteiger partial charge is 0.396 e. The van der Waals surface area contributed by atoms with Crippen LogP contribution in [0.5, 0.6) is 0 Å². The molecule has 5 heteroatoms. The third kappa shape index (κ3) is 2.02. The van der Waals surface area contributed by atoms with Gasteiger partial charge in [0.05, 0.1) is 31.5 Å². The molecule has 3 aliphatic heterocycles. The van der Waals surface area contributed by atoms with Crippen molar-refractivity contribution in [2.24, 2.45) is 10.8 Å². The minimum Gasteiger partial charge on any atom is -0.396 e. The fourth-order valence-corrected chi connectivity index (χ4v) is 6.19. The summed E-state index contributed by atoms with van der Waals surface area (Å²) in [6, 6.07) is 0. The number of hydrogen-bond acceptors (Lipinski definition) is 5. The number of allylic oxidation sites excluding steroid dienone is 1. The lowest BCUT2D eigenvalue weighted by molar-refractivity contribution is -0.258. The van der Waals surface area contributed by atoms with Crippen LogP contribution < -0.4 is 0 Å². The van der Waals surface area contributed by atoms with Gasteiger partial charge in [-0.15, -0.1) is 0 Å². The van der Waals surface area contributed by atoms with E-state index in [4.69, 9.17) is 18.9 Å². The maximum Gasteiger partial charge on any atom is 0.157 e. The van der Waals surface area contributed by atoms with Gasteiger partial charge in [0.2, 0.25) is 0 Å². The van der Waals surface area contributed by atoms with Crippen LogP contribution in [-0.2, 0) is 18.9 Å². The molecule has 25 heavy (non-hydrogen) atoms. The summed E-state index contributed by atoms with van der Waals surface area (Å²) in [5.74, 6) is 0. The number of aliphatic hydroxyl groups is 1. The molecule has 0 amide bonds. The maximum atomic E-state index is 10.6. The van der Waals surface area contributed by atoms with Crippen molar-refractivity contribution in [1.82, 2.24) is 0 Å². The summed E-state index contributed by atoms with van der Waals surface area (Å²) in [6.07, 6.45) is 8.13. The van der Waals surface area contributed by atoms with Crippen LogP contribution in [0, 0.1) is 10.8 Å². The van der Waals surface area contributed by atoms with Crippen molar-refractivity contribution >= 4 is 0 Å². The predicted octanol–water partition coefficient (Wildman–Crippen LogP) is 2.56. The van der Waals surface area contributed by atoms with Crippen LogP contribution in [0.2, 0.25) is 0 Å². The van der Waals surface area contributed by atoms with Crippen LogP contribution in [-0.4, -0.2) is 55.1 Å². The molecule has 5 nitrogen and oxygen atoms in total. The van der Waals surface area contributed by atoms with Crippen molar-refractivity contribution < 1.29 is 24.1 Å². The SMILES string of the molecule is CC1=C[C@H]2O[C@@H]3C[C@@H](OC4CCCCO4)[C@@](C)(C34CO4)[C@@]2(CO)CC1. The van der Waals surface area contributed by atoms with E-state index in [0.29, 0.717) is 0 Å². The molecule has 5 rings (SSSR count). The molecule has 3 heterocycles. The molecular formula is C20H30O5. The summed E-state index contributed by atoms with van der Waals surface area (Å²) in [7, 11) is 0. The fourth-order valence-electron chi connectivity index (χ4n) is 6.19. The van der Waals surface area contributed by atoms with Gasteiger partial charge in [-0.3, -0.25) is 0 Å². The molecule has 2 bridgehead atoms. The van der Waals surface area contributed by atoms with E-state index < -0.39 is 0 Å². The van der Waals surface area contributed by atoms with Gasteiger partial charge in [0.15, 0.2) is 6.29 Å². The summed E-state index contributed by atoms with van der Waals surface area (Å²) < 4.78 is 25.0. The molecule has 1 saturated carbocycles. The van der Waals surface area contributed by atoms with Crippen molar-refractivity contribution in [2.45, 2.75) is 82.6 Å². The summed E-state index contributed by atoms with van der Waals surface area (Å²) in [5, 5.41) is 10.6. The van der Waals surface area contributed by atoms with Crippen molar-refractivity contribution in [3.8, 4) is 0 Å². The predicted molar refractivity (Wildman–Crippen MR) is 91.0 cm³/mol. The lowest BCUT2D eigenvalue weighted by Crippen LogP contribution is -2.66. The summed E-state index contributed by atoms with van der Waals surface area (Å²) in [5.41, 5.74) is 0.484. The molecule has 1 N–H and O–H groups in total. The summed E-state index contributed by atoms with van der Waals surface area (Å²) >= 11 is 0. The molecule has 5 aliphatic rings. The Balaban J connectivity index is 1.53. The van der Waals surface area contributed by atoms with Crippen molar-refractivity contribution in [3.05, 3.63) is 11.6 Å². The number of rotatable bonds is 3. The third-order valence-electron chi connectivity index (χ3n) is 7.95. The Morgan fingerprint density at radius 3 is 2.88 bits per heavy atom. The van der Waals surface area contributed by atoms with Gasteiger partial charge in [0, 0.05) is 23.9 Å². The second kappa shape index (κ2) is 5.52. The normalized spacial score (nSPS) is 54.3. The van der Waals surface area contributed by atoms with Gasteiger partial charge in [-0.25, -0.2) is 0 Å². The van der Waals surface area contributed by atoms with E-state index in [1.165, 1.54) is 5.57 Å². The highest BCUT2D eigenvalue weighted by molar-refractivity contribution is 5.32. The molecule has 2 aliphatic carbocycles. The highest BCUT2D eigenvalue weighted by Gasteiger charge is 2.82. The summed E-state index contributed by atoms with van der Waals surface area (Å²) in [4.78, 5) is 0. The standard InChI is InChI=1S/C20H30O5/c1-13-6-7-19(11-21)15(9-13)24-16-10-14(18(19,2)20(16)12-23-20)25-17-5-3-4-8-22-17/h9,14-17,21H,3-8,10-12H2,1-2H3/t14-,15-,16-,17?,18-,19-,20?/m1/s1. The smallest absolute Gasteiger partial charge is 0.157 e. The Kier molecular flexibility index (Phi) is 3.69. The Morgan fingerprint density at radius 2 is 2.20 bits per heavy atom. The molecule has 7 atom stereocenters. The Bertz CT molecular complexity index is 579. The number of hydrogen-bond donors (Lipinski definition) is 1. The van der Waals surface area contributed by atoms with Crippen LogP contribution in [0.15, 0.2) is 11.6 Å². The lowest BCUT2D eigenvalue weighted by Gasteiger charge is -2.58. The topological polar surface area (TPSA) is 60.5 Å². The van der Waals surface area contributed by atoms with E-state index in [0.717, 1.165) is 51.7 Å². The van der Waals surface area contributed by atoms with Gasteiger partial charge in [-0.05, 0) is 39.0 Å². The first kappa shape index (κ1) is 16.7. The molecule has 140 valence electrons. The molecular weight excluding hydrogens is 320 g/mol. The van der Waals surface area contributed by atoms with Gasteiger partial charge in [0.1, 0.15) is 5.60 Å². The van der Waals surface area contributed by atoms with Crippen LogP contribution in [0.4, 0.5) is 0 Å². The second-order valence-electron chi connectivity index (χ2n) is 8.91. The molecule has 0 aromatic carbocycles. The Morgan fingerprint density at radius 1 is 1.36 bits per heavy atom. The summed E-state index contributed by atoms with van der Waals surface area (Å²) in [6.45, 7) is 6.06. The van der Waals surface area contributed by atoms with E-state index in [1.807, 2.05) is 0 Å². The first-order valence-electron chi connectivity index (χ1n) is 9.90. The molecule has 0 radical (unpaired) electrons. The molecule has 1 spiro atoms. The zero-order valence-electron chi connectivity index (χ0n) is 15.3. The van der Waals surface area contributed by atoms with Crippen molar-refractivity contribution in [3.63, 3.8) is 0 Å². The number of fused-ring (bicyclic) bond motifs is 2. The molecule has 4 fully saturated rings. The van der Waals surface area contributed by atoms with E-state index in [1.54, 1.807) is 0 Å². The first-order valence-corrected chi connectivity index (χ1v) is 9.90. The average Bonchev–Trinajstić information content (AvgIpc) is 3.39. The van der Waals surface area contributed by atoms with Crippen molar-refractivity contribution in [1.29, 1.82) is 0 Å². The molecule has 0 aromatic rings. The number of epoxide rings is 1. The van der Waals surface area contributed by atoms with Crippen LogP contribution in [0.1, 0.15) is 52.4 Å². The van der Waals surface area contributed by atoms with E-state index >= 15 is 0 Å². The van der Waals surface area contributed by atoms with Gasteiger partial charge in [0.25, 0.3) is 0 Å². The highest BCUT2D eigenvalue weighted by atomic mass is 16.7. The number of ether oxygens (including phenoxy) is 4. The lowest BCUT2D eigenvalue weighted by atomic mass is 9.51. The van der Waals surface area contributed by atoms with Gasteiger partial charge in [-0.1, -0.05) is 18.6 Å². The first-order chi connectivity index (χ1) is 12.1. The zero-order valence-corrected chi connectivity index (χ0v) is 15.3. The number of aliphatic hydroxyl groups excluding tert-OH is 1. The van der Waals surface area contributed by atoms with Gasteiger partial charge < -0.3 is 24.1 Å². The van der Waals surface area contributed by atoms with Crippen LogP contribution >= 0.6 is 0 Å². The van der Waals surface area contributed by atoms with Crippen LogP contribution in [0.3, 0.4) is 0 Å². The second-order valence-corrected chi connectivity index (χ2v) is 8.91. The van der Waals surface area contributed by atoms with Gasteiger partial charge in [-0.2, -0.15) is 0 Å². The molecule has 0 aromatic heterocycles. The minimum atomic E-state index is -0.338. The van der Waals surface area contributed by atoms with Crippen molar-refractivity contribution in [2.75, 3.05) is 19.8 Å². The monoisotopic (exact) mass is 350 g/mol. The molecule has 3 saturated heterocycles. The highest BCUT2D eigenvalue weighted by Crippen LogP contribution is 2.72. The molecule has 2 unspecified atom stereocenters. The van der Waals surface area contributed by atoms with E-state index in [2.05, 4.69) is 19.9 Å². The third-order valence-corrected chi connectivity index (χ3v) is 7.95. The average molecular weight is 350 g/mol. The Hall–Kier alpha value is -0.460. The maximum absolute atomic E-state index is 10.6. The Labute approximate surface area is 149 Å². The quantitative estimate of drug-likeness (QED) is 0.626. The fraction of sp³-hybridized carbons (Fsp3) is 0.900. The van der Waals surface area contributed by atoms with Crippen LogP contribution in [0.25, 0.3) is 0 Å². The minimum absolute atomic E-state index is 0.00653. The van der Waals surface area contributed by atoms with E-state index in [-0.39, 0.29) is 47.6 Å². The zero-order chi connectivity index (χ0) is 17.3. The van der Waals surface area contributed by atoms with E-state index in [9.17, 15) is 5.11 Å². The van der Waals surface area contributed by atoms with Gasteiger partial charge >= 0.3 is 0 Å².